The highest BCUT2D eigenvalue weighted by Crippen LogP contribution is 2.29. The standard InChI is InChI=1S/C19H16F2N2O4S/c1-2-26-16-10-11(3-8-15(16)24)9-14-17(25)23(19(28)22-14)12-4-6-13(7-5-12)27-18(20)21/h3-10,18,24H,2H2,1H3,(H,22,28)/b14-9-. The van der Waals surface area contributed by atoms with Crippen LogP contribution in [0.25, 0.3) is 6.08 Å². The summed E-state index contributed by atoms with van der Waals surface area (Å²) in [5.74, 6) is -0.125. The van der Waals surface area contributed by atoms with Gasteiger partial charge in [0.1, 0.15) is 11.4 Å². The fraction of sp³-hybridized carbons (Fsp3) is 0.158. The van der Waals surface area contributed by atoms with Crippen LogP contribution in [0.5, 0.6) is 17.2 Å². The molecule has 1 heterocycles. The molecule has 2 aromatic rings. The lowest BCUT2D eigenvalue weighted by atomic mass is 10.1. The second kappa shape index (κ2) is 8.22. The van der Waals surface area contributed by atoms with Crippen molar-refractivity contribution in [3.05, 3.63) is 53.7 Å². The number of nitrogens with one attached hydrogen (secondary N) is 1. The maximum Gasteiger partial charge on any atom is 0.387 e. The number of carbonyl (C=O) groups excluding carboxylic acids is 1. The number of amides is 1. The van der Waals surface area contributed by atoms with Gasteiger partial charge in [0.2, 0.25) is 0 Å². The fourth-order valence-corrected chi connectivity index (χ4v) is 2.90. The molecular weight excluding hydrogens is 390 g/mol. The molecule has 146 valence electrons. The van der Waals surface area contributed by atoms with Crippen molar-refractivity contribution < 1.29 is 28.2 Å². The zero-order chi connectivity index (χ0) is 20.3. The molecule has 0 radical (unpaired) electrons. The number of aromatic hydroxyl groups is 1. The number of rotatable bonds is 6. The molecule has 0 unspecified atom stereocenters. The largest absolute Gasteiger partial charge is 0.504 e. The van der Waals surface area contributed by atoms with Gasteiger partial charge in [-0.15, -0.1) is 0 Å². The summed E-state index contributed by atoms with van der Waals surface area (Å²) >= 11 is 5.22. The highest BCUT2D eigenvalue weighted by Gasteiger charge is 2.32. The Morgan fingerprint density at radius 1 is 1.25 bits per heavy atom. The first-order valence-corrected chi connectivity index (χ1v) is 8.67. The molecule has 1 aliphatic rings. The van der Waals surface area contributed by atoms with Gasteiger partial charge in [0.25, 0.3) is 5.91 Å². The Balaban J connectivity index is 1.83. The van der Waals surface area contributed by atoms with Crippen LogP contribution in [-0.4, -0.2) is 29.3 Å². The number of anilines is 1. The highest BCUT2D eigenvalue weighted by atomic mass is 32.1. The summed E-state index contributed by atoms with van der Waals surface area (Å²) in [6.45, 7) is -0.752. The van der Waals surface area contributed by atoms with Gasteiger partial charge in [0.05, 0.1) is 12.3 Å². The Morgan fingerprint density at radius 3 is 2.61 bits per heavy atom. The van der Waals surface area contributed by atoms with Gasteiger partial charge in [0, 0.05) is 0 Å². The number of hydrogen-bond donors (Lipinski definition) is 2. The minimum absolute atomic E-state index is 0.00189. The van der Waals surface area contributed by atoms with Crippen molar-refractivity contribution in [3.63, 3.8) is 0 Å². The maximum absolute atomic E-state index is 12.7. The molecule has 0 bridgehead atoms. The second-order valence-corrected chi connectivity index (χ2v) is 6.05. The Hall–Kier alpha value is -3.20. The van der Waals surface area contributed by atoms with Crippen LogP contribution in [0.1, 0.15) is 12.5 Å². The number of nitrogens with zero attached hydrogens (tertiary/aromatic N) is 1. The fourth-order valence-electron chi connectivity index (χ4n) is 2.60. The van der Waals surface area contributed by atoms with Crippen LogP contribution < -0.4 is 19.7 Å². The van der Waals surface area contributed by atoms with E-state index in [0.29, 0.717) is 23.6 Å². The normalized spacial score (nSPS) is 15.3. The Kier molecular flexibility index (Phi) is 5.74. The van der Waals surface area contributed by atoms with Gasteiger partial charge in [-0.25, -0.2) is 0 Å². The molecule has 28 heavy (non-hydrogen) atoms. The van der Waals surface area contributed by atoms with E-state index in [2.05, 4.69) is 10.1 Å². The van der Waals surface area contributed by atoms with E-state index in [9.17, 15) is 18.7 Å². The summed E-state index contributed by atoms with van der Waals surface area (Å²) in [7, 11) is 0. The third-order valence-corrected chi connectivity index (χ3v) is 4.08. The maximum atomic E-state index is 12.7. The van der Waals surface area contributed by atoms with Crippen LogP contribution in [0.2, 0.25) is 0 Å². The van der Waals surface area contributed by atoms with Gasteiger partial charge < -0.3 is 19.9 Å². The summed E-state index contributed by atoms with van der Waals surface area (Å²) in [6.07, 6.45) is 1.57. The number of halogens is 2. The molecule has 1 fully saturated rings. The van der Waals surface area contributed by atoms with E-state index in [1.54, 1.807) is 25.1 Å². The molecule has 1 saturated heterocycles. The average Bonchev–Trinajstić information content (AvgIpc) is 2.92. The minimum Gasteiger partial charge on any atom is -0.504 e. The lowest BCUT2D eigenvalue weighted by Gasteiger charge is -2.14. The van der Waals surface area contributed by atoms with Crippen molar-refractivity contribution >= 4 is 35.0 Å². The van der Waals surface area contributed by atoms with Gasteiger partial charge in [0.15, 0.2) is 16.6 Å². The van der Waals surface area contributed by atoms with Crippen LogP contribution in [0.15, 0.2) is 48.2 Å². The first kappa shape index (κ1) is 19.6. The van der Waals surface area contributed by atoms with Crippen molar-refractivity contribution in [2.75, 3.05) is 11.5 Å². The van der Waals surface area contributed by atoms with E-state index < -0.39 is 12.5 Å². The number of carbonyl (C=O) groups is 1. The highest BCUT2D eigenvalue weighted by molar-refractivity contribution is 7.80. The van der Waals surface area contributed by atoms with Crippen molar-refractivity contribution in [1.29, 1.82) is 0 Å². The van der Waals surface area contributed by atoms with E-state index in [0.717, 1.165) is 0 Å². The van der Waals surface area contributed by atoms with Crippen LogP contribution in [0, 0.1) is 0 Å². The molecule has 2 N–H and O–H groups in total. The van der Waals surface area contributed by atoms with Gasteiger partial charge in [-0.1, -0.05) is 6.07 Å². The number of thiocarbonyl (C=S) groups is 1. The smallest absolute Gasteiger partial charge is 0.387 e. The topological polar surface area (TPSA) is 71.0 Å². The zero-order valence-corrected chi connectivity index (χ0v) is 15.5. The van der Waals surface area contributed by atoms with E-state index in [4.69, 9.17) is 17.0 Å². The van der Waals surface area contributed by atoms with E-state index in [-0.39, 0.29) is 22.3 Å². The third-order valence-electron chi connectivity index (χ3n) is 3.79. The molecule has 0 atom stereocenters. The van der Waals surface area contributed by atoms with Crippen LogP contribution >= 0.6 is 12.2 Å². The van der Waals surface area contributed by atoms with Gasteiger partial charge in [-0.3, -0.25) is 9.69 Å². The zero-order valence-electron chi connectivity index (χ0n) is 14.7. The van der Waals surface area contributed by atoms with Crippen LogP contribution in [0.3, 0.4) is 0 Å². The van der Waals surface area contributed by atoms with E-state index >= 15 is 0 Å². The van der Waals surface area contributed by atoms with Crippen LogP contribution in [-0.2, 0) is 4.79 Å². The number of phenolic OH excluding ortho intramolecular Hbond substituents is 1. The van der Waals surface area contributed by atoms with Gasteiger partial charge in [-0.05, 0) is 67.2 Å². The van der Waals surface area contributed by atoms with Crippen molar-refractivity contribution in [2.45, 2.75) is 13.5 Å². The summed E-state index contributed by atoms with van der Waals surface area (Å²) in [6, 6.07) is 10.3. The summed E-state index contributed by atoms with van der Waals surface area (Å²) in [5, 5.41) is 12.8. The molecule has 0 aliphatic carbocycles. The SMILES string of the molecule is CCOc1cc(/C=C2\NC(=S)N(c3ccc(OC(F)F)cc3)C2=O)ccc1O. The third kappa shape index (κ3) is 4.20. The van der Waals surface area contributed by atoms with E-state index in [1.165, 1.54) is 35.2 Å². The first-order chi connectivity index (χ1) is 13.4. The molecule has 0 spiro atoms. The summed E-state index contributed by atoms with van der Waals surface area (Å²) in [5.41, 5.74) is 1.27. The number of benzene rings is 2. The van der Waals surface area contributed by atoms with Crippen LogP contribution in [0.4, 0.5) is 14.5 Å². The Morgan fingerprint density at radius 2 is 1.96 bits per heavy atom. The Labute approximate surface area is 165 Å². The number of ether oxygens (including phenoxy) is 2. The molecule has 0 aromatic heterocycles. The molecule has 1 aliphatic heterocycles. The predicted octanol–water partition coefficient (Wildman–Crippen LogP) is 3.65. The lowest BCUT2D eigenvalue weighted by Crippen LogP contribution is -2.30. The predicted molar refractivity (Wildman–Crippen MR) is 104 cm³/mol. The molecule has 6 nitrogen and oxygen atoms in total. The molecule has 2 aromatic carbocycles. The molecular formula is C19H16F2N2O4S. The average molecular weight is 406 g/mol. The molecule has 0 saturated carbocycles. The number of hydrogen-bond acceptors (Lipinski definition) is 5. The van der Waals surface area contributed by atoms with Crippen molar-refractivity contribution in [2.24, 2.45) is 0 Å². The number of alkyl halides is 2. The lowest BCUT2D eigenvalue weighted by molar-refractivity contribution is -0.113. The monoisotopic (exact) mass is 406 g/mol. The van der Waals surface area contributed by atoms with Crippen molar-refractivity contribution in [3.8, 4) is 17.2 Å². The second-order valence-electron chi connectivity index (χ2n) is 5.66. The van der Waals surface area contributed by atoms with Gasteiger partial charge >= 0.3 is 6.61 Å². The summed E-state index contributed by atoms with van der Waals surface area (Å²) in [4.78, 5) is 14.0. The van der Waals surface area contributed by atoms with E-state index in [1.807, 2.05) is 0 Å². The molecule has 3 rings (SSSR count). The quantitative estimate of drug-likeness (QED) is 0.564. The minimum atomic E-state index is -2.93. The Bertz CT molecular complexity index is 932. The molecule has 9 heteroatoms. The first-order valence-electron chi connectivity index (χ1n) is 8.27. The molecule has 1 amide bonds. The number of phenols is 1. The van der Waals surface area contributed by atoms with Crippen molar-refractivity contribution in [1.82, 2.24) is 5.32 Å². The van der Waals surface area contributed by atoms with Gasteiger partial charge in [-0.2, -0.15) is 8.78 Å². The summed E-state index contributed by atoms with van der Waals surface area (Å²) < 4.78 is 34.1.